The van der Waals surface area contributed by atoms with Crippen LogP contribution in [-0.4, -0.2) is 27.7 Å². The monoisotopic (exact) mass is 392 g/mol. The molecule has 29 heavy (non-hydrogen) atoms. The number of benzene rings is 2. The van der Waals surface area contributed by atoms with Crippen LogP contribution in [0.5, 0.6) is 0 Å². The molecule has 0 aliphatic carbocycles. The van der Waals surface area contributed by atoms with E-state index in [0.29, 0.717) is 17.6 Å². The van der Waals surface area contributed by atoms with E-state index in [1.165, 1.54) is 0 Å². The van der Waals surface area contributed by atoms with Crippen molar-refractivity contribution in [1.29, 1.82) is 0 Å². The molecule has 1 aromatic heterocycles. The molecule has 0 spiro atoms. The normalized spacial score (nSPS) is 12.2. The molecule has 0 aliphatic heterocycles. The number of aryl methyl sites for hydroxylation is 2. The summed E-state index contributed by atoms with van der Waals surface area (Å²) in [4.78, 5) is 27.2. The fourth-order valence-corrected chi connectivity index (χ4v) is 3.44. The molecule has 2 amide bonds. The number of hydrogen-bond donors (Lipinski definition) is 2. The van der Waals surface area contributed by atoms with E-state index >= 15 is 0 Å². The summed E-state index contributed by atoms with van der Waals surface area (Å²) in [7, 11) is 0. The third-order valence-electron chi connectivity index (χ3n) is 5.14. The molecule has 6 heteroatoms. The van der Waals surface area contributed by atoms with Crippen molar-refractivity contribution in [3.8, 4) is 0 Å². The number of nitrogens with one attached hydrogen (secondary N) is 2. The van der Waals surface area contributed by atoms with Crippen molar-refractivity contribution in [3.63, 3.8) is 0 Å². The summed E-state index contributed by atoms with van der Waals surface area (Å²) in [6, 6.07) is 12.8. The van der Waals surface area contributed by atoms with Crippen molar-refractivity contribution < 1.29 is 4.79 Å². The second-order valence-corrected chi connectivity index (χ2v) is 7.94. The summed E-state index contributed by atoms with van der Waals surface area (Å²) in [5.41, 5.74) is 3.34. The van der Waals surface area contributed by atoms with Gasteiger partial charge in [0.1, 0.15) is 0 Å². The average Bonchev–Trinajstić information content (AvgIpc) is 2.68. The lowest BCUT2D eigenvalue weighted by Gasteiger charge is -2.31. The van der Waals surface area contributed by atoms with Gasteiger partial charge < -0.3 is 10.2 Å². The highest BCUT2D eigenvalue weighted by Gasteiger charge is 2.26. The van der Waals surface area contributed by atoms with Crippen LogP contribution >= 0.6 is 0 Å². The first-order valence-electron chi connectivity index (χ1n) is 9.90. The topological polar surface area (TPSA) is 78.1 Å². The van der Waals surface area contributed by atoms with Crippen molar-refractivity contribution in [3.05, 3.63) is 69.6 Å². The second-order valence-electron chi connectivity index (χ2n) is 7.94. The zero-order valence-electron chi connectivity index (χ0n) is 17.6. The maximum absolute atomic E-state index is 13.1. The summed E-state index contributed by atoms with van der Waals surface area (Å²) in [5.74, 6) is 0.275. The zero-order chi connectivity index (χ0) is 21.1. The van der Waals surface area contributed by atoms with Gasteiger partial charge in [0.2, 0.25) is 0 Å². The number of carbonyl (C=O) groups excluding carboxylic acids is 1. The lowest BCUT2D eigenvalue weighted by Crippen LogP contribution is -2.40. The minimum Gasteiger partial charge on any atom is -0.316 e. The smallest absolute Gasteiger partial charge is 0.316 e. The molecule has 0 bridgehead atoms. The Morgan fingerprint density at radius 1 is 1.07 bits per heavy atom. The maximum atomic E-state index is 13.1. The SMILES string of the molecule is Cc1cc2c(C(C)N(CC(C)C)C(=O)Nc3ccccc3)n[nH]c(=O)c2cc1C. The van der Waals surface area contributed by atoms with E-state index in [2.05, 4.69) is 29.4 Å². The molecule has 152 valence electrons. The summed E-state index contributed by atoms with van der Waals surface area (Å²) in [5, 5.41) is 11.3. The Morgan fingerprint density at radius 2 is 1.69 bits per heavy atom. The molecule has 0 saturated carbocycles. The number of amides is 2. The lowest BCUT2D eigenvalue weighted by atomic mass is 10.00. The van der Waals surface area contributed by atoms with Crippen LogP contribution < -0.4 is 10.9 Å². The van der Waals surface area contributed by atoms with Gasteiger partial charge >= 0.3 is 6.03 Å². The molecular weight excluding hydrogens is 364 g/mol. The van der Waals surface area contributed by atoms with Gasteiger partial charge in [-0.25, -0.2) is 9.89 Å². The Kier molecular flexibility index (Phi) is 6.01. The first kappa shape index (κ1) is 20.6. The minimum atomic E-state index is -0.317. The van der Waals surface area contributed by atoms with Gasteiger partial charge in [-0.1, -0.05) is 32.0 Å². The van der Waals surface area contributed by atoms with Gasteiger partial charge in [-0.15, -0.1) is 0 Å². The van der Waals surface area contributed by atoms with E-state index in [1.54, 1.807) is 4.90 Å². The Bertz CT molecular complexity index is 1070. The Morgan fingerprint density at radius 3 is 2.31 bits per heavy atom. The van der Waals surface area contributed by atoms with Crippen LogP contribution in [0.15, 0.2) is 47.3 Å². The number of fused-ring (bicyclic) bond motifs is 1. The molecule has 6 nitrogen and oxygen atoms in total. The van der Waals surface area contributed by atoms with Crippen molar-refractivity contribution in [2.24, 2.45) is 5.92 Å². The van der Waals surface area contributed by atoms with Crippen LogP contribution in [0.2, 0.25) is 0 Å². The Labute approximate surface area is 170 Å². The van der Waals surface area contributed by atoms with E-state index in [-0.39, 0.29) is 23.6 Å². The van der Waals surface area contributed by atoms with Crippen molar-refractivity contribution in [2.45, 2.75) is 40.7 Å². The zero-order valence-corrected chi connectivity index (χ0v) is 17.6. The molecule has 1 heterocycles. The number of hydrogen-bond acceptors (Lipinski definition) is 3. The fourth-order valence-electron chi connectivity index (χ4n) is 3.44. The molecule has 0 fully saturated rings. The molecule has 1 atom stereocenters. The number of para-hydroxylation sites is 1. The molecule has 3 rings (SSSR count). The molecule has 0 radical (unpaired) electrons. The second kappa shape index (κ2) is 8.47. The van der Waals surface area contributed by atoms with E-state index in [4.69, 9.17) is 0 Å². The van der Waals surface area contributed by atoms with Crippen LogP contribution in [0.3, 0.4) is 0 Å². The van der Waals surface area contributed by atoms with E-state index in [0.717, 1.165) is 22.2 Å². The van der Waals surface area contributed by atoms with E-state index in [9.17, 15) is 9.59 Å². The van der Waals surface area contributed by atoms with Crippen LogP contribution in [0, 0.1) is 19.8 Å². The largest absolute Gasteiger partial charge is 0.322 e. The van der Waals surface area contributed by atoms with E-state index < -0.39 is 0 Å². The molecular formula is C23H28N4O2. The third-order valence-corrected chi connectivity index (χ3v) is 5.14. The Balaban J connectivity index is 2.03. The van der Waals surface area contributed by atoms with Crippen LogP contribution in [0.4, 0.5) is 10.5 Å². The summed E-state index contributed by atoms with van der Waals surface area (Å²) < 4.78 is 0. The highest BCUT2D eigenvalue weighted by molar-refractivity contribution is 5.90. The maximum Gasteiger partial charge on any atom is 0.322 e. The standard InChI is InChI=1S/C23H28N4O2/c1-14(2)13-27(23(29)24-18-9-7-6-8-10-18)17(5)21-19-11-15(3)16(4)12-20(19)22(28)26-25-21/h6-12,14,17H,13H2,1-5H3,(H,24,29)(H,26,28). The first-order chi connectivity index (χ1) is 13.8. The molecule has 1 unspecified atom stereocenters. The number of aromatic amines is 1. The summed E-state index contributed by atoms with van der Waals surface area (Å²) >= 11 is 0. The first-order valence-corrected chi connectivity index (χ1v) is 9.90. The number of carbonyl (C=O) groups is 1. The highest BCUT2D eigenvalue weighted by Crippen LogP contribution is 2.27. The minimum absolute atomic E-state index is 0.192. The molecule has 0 saturated heterocycles. The number of nitrogens with zero attached hydrogens (tertiary/aromatic N) is 2. The molecule has 0 aliphatic rings. The predicted octanol–water partition coefficient (Wildman–Crippen LogP) is 4.79. The quantitative estimate of drug-likeness (QED) is 0.655. The molecule has 2 N–H and O–H groups in total. The average molecular weight is 393 g/mol. The van der Waals surface area contributed by atoms with E-state index in [1.807, 2.05) is 63.2 Å². The number of rotatable bonds is 5. The number of aromatic nitrogens is 2. The molecule has 2 aromatic carbocycles. The number of anilines is 1. The van der Waals surface area contributed by atoms with Gasteiger partial charge in [-0.05, 0) is 62.1 Å². The molecule has 3 aromatic rings. The van der Waals surface area contributed by atoms with Crippen molar-refractivity contribution in [2.75, 3.05) is 11.9 Å². The van der Waals surface area contributed by atoms with Gasteiger partial charge in [-0.2, -0.15) is 5.10 Å². The van der Waals surface area contributed by atoms with Gasteiger partial charge in [-0.3, -0.25) is 4.79 Å². The summed E-state index contributed by atoms with van der Waals surface area (Å²) in [6.45, 7) is 10.6. The highest BCUT2D eigenvalue weighted by atomic mass is 16.2. The van der Waals surface area contributed by atoms with Gasteiger partial charge in [0.05, 0.1) is 17.1 Å². The van der Waals surface area contributed by atoms with Crippen molar-refractivity contribution >= 4 is 22.5 Å². The van der Waals surface area contributed by atoms with Gasteiger partial charge in [0.15, 0.2) is 0 Å². The lowest BCUT2D eigenvalue weighted by molar-refractivity contribution is 0.182. The van der Waals surface area contributed by atoms with Crippen LogP contribution in [0.25, 0.3) is 10.8 Å². The van der Waals surface area contributed by atoms with Crippen LogP contribution in [0.1, 0.15) is 43.6 Å². The predicted molar refractivity (Wildman–Crippen MR) is 117 cm³/mol. The van der Waals surface area contributed by atoms with Gasteiger partial charge in [0, 0.05) is 17.6 Å². The number of urea groups is 1. The fraction of sp³-hybridized carbons (Fsp3) is 0.348. The Hall–Kier alpha value is -3.15. The van der Waals surface area contributed by atoms with Crippen LogP contribution in [-0.2, 0) is 0 Å². The van der Waals surface area contributed by atoms with Crippen molar-refractivity contribution in [1.82, 2.24) is 15.1 Å². The third kappa shape index (κ3) is 4.47. The number of H-pyrrole nitrogens is 1. The van der Waals surface area contributed by atoms with Gasteiger partial charge in [0.25, 0.3) is 5.56 Å². The summed E-state index contributed by atoms with van der Waals surface area (Å²) in [6.07, 6.45) is 0.